The van der Waals surface area contributed by atoms with Gasteiger partial charge in [0.2, 0.25) is 0 Å². The molecule has 4 heteroatoms. The first-order valence-corrected chi connectivity index (χ1v) is 8.21. The van der Waals surface area contributed by atoms with Gasteiger partial charge in [0.15, 0.2) is 0 Å². The maximum absolute atomic E-state index is 5.64. The van der Waals surface area contributed by atoms with E-state index in [0.717, 1.165) is 24.6 Å². The predicted molar refractivity (Wildman–Crippen MR) is 84.6 cm³/mol. The fraction of sp³-hybridized carbons (Fsp3) is 0.733. The molecule has 1 N–H and O–H groups in total. The lowest BCUT2D eigenvalue weighted by Gasteiger charge is -2.22. The summed E-state index contributed by atoms with van der Waals surface area (Å²) in [7, 11) is 2.15. The van der Waals surface area contributed by atoms with Crippen LogP contribution in [0.3, 0.4) is 0 Å². The lowest BCUT2D eigenvalue weighted by molar-refractivity contribution is 0.247. The van der Waals surface area contributed by atoms with E-state index in [9.17, 15) is 0 Å². The lowest BCUT2D eigenvalue weighted by Crippen LogP contribution is -2.34. The average Bonchev–Trinajstić information content (AvgIpc) is 2.73. The van der Waals surface area contributed by atoms with E-state index in [-0.39, 0.29) is 5.54 Å². The summed E-state index contributed by atoms with van der Waals surface area (Å²) in [6.45, 7) is 10.5. The summed E-state index contributed by atoms with van der Waals surface area (Å²) in [6.07, 6.45) is 4.01. The minimum absolute atomic E-state index is 0.140. The molecule has 0 aliphatic rings. The van der Waals surface area contributed by atoms with Gasteiger partial charge in [0.1, 0.15) is 5.76 Å². The zero-order valence-corrected chi connectivity index (χ0v) is 13.9. The Kier molecular flexibility index (Phi) is 6.43. The first kappa shape index (κ1) is 16.6. The molecule has 110 valence electrons. The third-order valence-electron chi connectivity index (χ3n) is 3.10. The van der Waals surface area contributed by atoms with E-state index >= 15 is 0 Å². The first-order valence-electron chi connectivity index (χ1n) is 6.82. The van der Waals surface area contributed by atoms with E-state index in [1.807, 2.05) is 18.0 Å². The molecule has 1 rings (SSSR count). The molecule has 1 aromatic heterocycles. The second kappa shape index (κ2) is 7.36. The van der Waals surface area contributed by atoms with E-state index in [1.54, 1.807) is 0 Å². The molecule has 0 radical (unpaired) electrons. The molecule has 0 spiro atoms. The van der Waals surface area contributed by atoms with Crippen molar-refractivity contribution < 1.29 is 4.42 Å². The zero-order chi connectivity index (χ0) is 14.5. The van der Waals surface area contributed by atoms with Crippen LogP contribution >= 0.6 is 11.8 Å². The number of nitrogens with one attached hydrogen (secondary N) is 1. The Labute approximate surface area is 122 Å². The van der Waals surface area contributed by atoms with Crippen molar-refractivity contribution in [2.75, 3.05) is 19.1 Å². The second-order valence-corrected chi connectivity index (χ2v) is 7.15. The third kappa shape index (κ3) is 6.50. The minimum Gasteiger partial charge on any atom is -0.468 e. The molecule has 0 aromatic carbocycles. The van der Waals surface area contributed by atoms with Crippen molar-refractivity contribution in [2.24, 2.45) is 0 Å². The van der Waals surface area contributed by atoms with Crippen molar-refractivity contribution in [3.8, 4) is 0 Å². The van der Waals surface area contributed by atoms with Gasteiger partial charge in [0.25, 0.3) is 0 Å². The number of thioether (sulfide) groups is 1. The maximum atomic E-state index is 5.64. The topological polar surface area (TPSA) is 28.4 Å². The van der Waals surface area contributed by atoms with Crippen molar-refractivity contribution in [1.29, 1.82) is 0 Å². The Morgan fingerprint density at radius 3 is 2.68 bits per heavy atom. The summed E-state index contributed by atoms with van der Waals surface area (Å²) >= 11 is 1.88. The van der Waals surface area contributed by atoms with Gasteiger partial charge >= 0.3 is 0 Å². The molecule has 0 aliphatic carbocycles. The van der Waals surface area contributed by atoms with E-state index < -0.39 is 0 Å². The van der Waals surface area contributed by atoms with Crippen LogP contribution in [-0.2, 0) is 13.1 Å². The highest BCUT2D eigenvalue weighted by atomic mass is 32.2. The van der Waals surface area contributed by atoms with E-state index in [4.69, 9.17) is 4.42 Å². The smallest absolute Gasteiger partial charge is 0.118 e. The highest BCUT2D eigenvalue weighted by Gasteiger charge is 2.13. The van der Waals surface area contributed by atoms with Crippen LogP contribution in [0, 0.1) is 0 Å². The summed E-state index contributed by atoms with van der Waals surface area (Å²) < 4.78 is 5.64. The van der Waals surface area contributed by atoms with Crippen LogP contribution < -0.4 is 5.32 Å². The van der Waals surface area contributed by atoms with Crippen LogP contribution in [0.2, 0.25) is 0 Å². The molecular weight excluding hydrogens is 256 g/mol. The van der Waals surface area contributed by atoms with E-state index in [0.29, 0.717) is 6.04 Å². The SMILES string of the molecule is CSCC(C)N(C)Cc1cc(CNC(C)(C)C)co1. The Balaban J connectivity index is 2.46. The molecule has 1 atom stereocenters. The van der Waals surface area contributed by atoms with Crippen molar-refractivity contribution >= 4 is 11.8 Å². The monoisotopic (exact) mass is 284 g/mol. The molecule has 0 bridgehead atoms. The molecule has 1 heterocycles. The summed E-state index contributed by atoms with van der Waals surface area (Å²) in [6, 6.07) is 2.72. The van der Waals surface area contributed by atoms with Crippen LogP contribution in [0.1, 0.15) is 39.0 Å². The largest absolute Gasteiger partial charge is 0.468 e. The summed E-state index contributed by atoms with van der Waals surface area (Å²) in [5, 5.41) is 3.47. The lowest BCUT2D eigenvalue weighted by atomic mass is 10.1. The maximum Gasteiger partial charge on any atom is 0.118 e. The molecule has 0 amide bonds. The Morgan fingerprint density at radius 1 is 1.42 bits per heavy atom. The molecule has 0 saturated heterocycles. The number of hydrogen-bond acceptors (Lipinski definition) is 4. The van der Waals surface area contributed by atoms with E-state index in [1.165, 1.54) is 5.56 Å². The molecule has 0 saturated carbocycles. The Hall–Kier alpha value is -0.450. The van der Waals surface area contributed by atoms with Gasteiger partial charge in [0.05, 0.1) is 12.8 Å². The highest BCUT2D eigenvalue weighted by Crippen LogP contribution is 2.13. The van der Waals surface area contributed by atoms with Gasteiger partial charge in [-0.25, -0.2) is 0 Å². The standard InChI is InChI=1S/C15H28N2OS/c1-12(11-19-6)17(5)9-14-7-13(10-18-14)8-16-15(2,3)4/h7,10,12,16H,8-9,11H2,1-6H3. The minimum atomic E-state index is 0.140. The van der Waals surface area contributed by atoms with Crippen LogP contribution in [0.4, 0.5) is 0 Å². The molecule has 19 heavy (non-hydrogen) atoms. The van der Waals surface area contributed by atoms with E-state index in [2.05, 4.69) is 57.3 Å². The number of hydrogen-bond donors (Lipinski definition) is 1. The second-order valence-electron chi connectivity index (χ2n) is 6.24. The van der Waals surface area contributed by atoms with Gasteiger partial charge in [-0.2, -0.15) is 11.8 Å². The van der Waals surface area contributed by atoms with Crippen LogP contribution in [0.25, 0.3) is 0 Å². The van der Waals surface area contributed by atoms with Crippen LogP contribution in [-0.4, -0.2) is 35.5 Å². The summed E-state index contributed by atoms with van der Waals surface area (Å²) in [5.41, 5.74) is 1.36. The van der Waals surface area contributed by atoms with Crippen LogP contribution in [0.15, 0.2) is 16.7 Å². The molecule has 1 unspecified atom stereocenters. The van der Waals surface area contributed by atoms with Crippen molar-refractivity contribution in [2.45, 2.75) is 52.4 Å². The normalized spacial score (nSPS) is 14.1. The number of rotatable bonds is 7. The van der Waals surface area contributed by atoms with Crippen LogP contribution in [0.5, 0.6) is 0 Å². The fourth-order valence-electron chi connectivity index (χ4n) is 1.74. The van der Waals surface area contributed by atoms with Gasteiger partial charge in [-0.1, -0.05) is 0 Å². The molecule has 0 fully saturated rings. The predicted octanol–water partition coefficient (Wildman–Crippen LogP) is 3.35. The van der Waals surface area contributed by atoms with Gasteiger partial charge in [-0.15, -0.1) is 0 Å². The first-order chi connectivity index (χ1) is 8.81. The molecule has 1 aromatic rings. The Morgan fingerprint density at radius 2 is 2.11 bits per heavy atom. The van der Waals surface area contributed by atoms with Gasteiger partial charge < -0.3 is 9.73 Å². The zero-order valence-electron chi connectivity index (χ0n) is 13.1. The summed E-state index contributed by atoms with van der Waals surface area (Å²) in [5.74, 6) is 2.19. The molecule has 0 aliphatic heterocycles. The molecule has 3 nitrogen and oxygen atoms in total. The molecular formula is C15H28N2OS. The summed E-state index contributed by atoms with van der Waals surface area (Å²) in [4.78, 5) is 2.33. The van der Waals surface area contributed by atoms with Gasteiger partial charge in [0, 0.05) is 29.4 Å². The van der Waals surface area contributed by atoms with Gasteiger partial charge in [-0.05, 0) is 47.1 Å². The average molecular weight is 284 g/mol. The van der Waals surface area contributed by atoms with Crippen molar-refractivity contribution in [3.63, 3.8) is 0 Å². The third-order valence-corrected chi connectivity index (χ3v) is 3.91. The van der Waals surface area contributed by atoms with Gasteiger partial charge in [-0.3, -0.25) is 4.90 Å². The number of nitrogens with zero attached hydrogens (tertiary/aromatic N) is 1. The number of furan rings is 1. The highest BCUT2D eigenvalue weighted by molar-refractivity contribution is 7.98. The van der Waals surface area contributed by atoms with Crippen molar-refractivity contribution in [1.82, 2.24) is 10.2 Å². The van der Waals surface area contributed by atoms with Crippen molar-refractivity contribution in [3.05, 3.63) is 23.7 Å². The quantitative estimate of drug-likeness (QED) is 0.831. The Bertz CT molecular complexity index is 370. The fourth-order valence-corrected chi connectivity index (χ4v) is 2.48.